The summed E-state index contributed by atoms with van der Waals surface area (Å²) in [5.74, 6) is 0.212. The van der Waals surface area contributed by atoms with E-state index in [0.717, 1.165) is 58.3 Å². The number of aliphatic carboxylic acids is 1. The highest BCUT2D eigenvalue weighted by Crippen LogP contribution is 2.19. The number of amides is 1. The first-order valence-corrected chi connectivity index (χ1v) is 11.2. The third-order valence-corrected chi connectivity index (χ3v) is 5.51. The Morgan fingerprint density at radius 1 is 0.778 bits per heavy atom. The van der Waals surface area contributed by atoms with Gasteiger partial charge >= 0.3 is 5.97 Å². The first kappa shape index (κ1) is 23.9. The van der Waals surface area contributed by atoms with Crippen molar-refractivity contribution in [2.75, 3.05) is 19.8 Å². The molecule has 0 aromatic heterocycles. The average molecular weight is 384 g/mol. The SMILES string of the molecule is O=C(O)CCCCCCCCCCCCCNC(=O)CCC1CCOCC1. The molecule has 0 bridgehead atoms. The van der Waals surface area contributed by atoms with E-state index in [0.29, 0.717) is 18.8 Å². The zero-order valence-electron chi connectivity index (χ0n) is 17.2. The molecule has 0 spiro atoms. The molecule has 0 aromatic rings. The molecule has 1 aliphatic rings. The first-order valence-electron chi connectivity index (χ1n) is 11.2. The second-order valence-corrected chi connectivity index (χ2v) is 7.98. The predicted molar refractivity (Wildman–Crippen MR) is 109 cm³/mol. The summed E-state index contributed by atoms with van der Waals surface area (Å²) in [7, 11) is 0. The Balaban J connectivity index is 1.74. The van der Waals surface area contributed by atoms with Gasteiger partial charge in [-0.2, -0.15) is 0 Å². The van der Waals surface area contributed by atoms with E-state index in [1.807, 2.05) is 0 Å². The van der Waals surface area contributed by atoms with Crippen LogP contribution in [0, 0.1) is 5.92 Å². The smallest absolute Gasteiger partial charge is 0.303 e. The second-order valence-electron chi connectivity index (χ2n) is 7.98. The summed E-state index contributed by atoms with van der Waals surface area (Å²) in [6.07, 6.45) is 17.2. The molecule has 0 radical (unpaired) electrons. The van der Waals surface area contributed by atoms with Gasteiger partial charge in [-0.25, -0.2) is 0 Å². The van der Waals surface area contributed by atoms with Crippen molar-refractivity contribution >= 4 is 11.9 Å². The molecule has 1 saturated heterocycles. The standard InChI is InChI=1S/C22H41NO4/c24-21(14-13-20-15-18-27-19-16-20)23-17-11-9-7-5-3-1-2-4-6-8-10-12-22(25)26/h20H,1-19H2,(H,23,24)(H,25,26). The van der Waals surface area contributed by atoms with E-state index in [4.69, 9.17) is 9.84 Å². The van der Waals surface area contributed by atoms with Gasteiger partial charge in [-0.3, -0.25) is 9.59 Å². The van der Waals surface area contributed by atoms with Crippen LogP contribution >= 0.6 is 0 Å². The number of carbonyl (C=O) groups excluding carboxylic acids is 1. The molecule has 1 fully saturated rings. The van der Waals surface area contributed by atoms with Gasteiger partial charge in [-0.15, -0.1) is 0 Å². The normalized spacial score (nSPS) is 15.0. The summed E-state index contributed by atoms with van der Waals surface area (Å²) in [4.78, 5) is 22.2. The van der Waals surface area contributed by atoms with Crippen LogP contribution < -0.4 is 5.32 Å². The number of hydrogen-bond acceptors (Lipinski definition) is 3. The fourth-order valence-electron chi connectivity index (χ4n) is 3.68. The Kier molecular flexibility index (Phi) is 15.1. The minimum Gasteiger partial charge on any atom is -0.481 e. The van der Waals surface area contributed by atoms with Crippen LogP contribution in [0.2, 0.25) is 0 Å². The summed E-state index contributed by atoms with van der Waals surface area (Å²) >= 11 is 0. The monoisotopic (exact) mass is 383 g/mol. The van der Waals surface area contributed by atoms with Crippen LogP contribution in [0.1, 0.15) is 103 Å². The Morgan fingerprint density at radius 3 is 1.85 bits per heavy atom. The number of carboxylic acids is 1. The number of rotatable bonds is 17. The molecular weight excluding hydrogens is 342 g/mol. The van der Waals surface area contributed by atoms with E-state index in [9.17, 15) is 9.59 Å². The number of carboxylic acid groups (broad SMARTS) is 1. The van der Waals surface area contributed by atoms with Gasteiger partial charge in [0.1, 0.15) is 0 Å². The molecule has 158 valence electrons. The topological polar surface area (TPSA) is 75.6 Å². The zero-order chi connectivity index (χ0) is 19.6. The molecule has 5 heteroatoms. The molecular formula is C22H41NO4. The van der Waals surface area contributed by atoms with Gasteiger partial charge in [0.15, 0.2) is 0 Å². The zero-order valence-corrected chi connectivity index (χ0v) is 17.2. The van der Waals surface area contributed by atoms with Gasteiger partial charge in [0.25, 0.3) is 0 Å². The lowest BCUT2D eigenvalue weighted by molar-refractivity contribution is -0.137. The molecule has 2 N–H and O–H groups in total. The molecule has 1 rings (SSSR count). The number of carbonyl (C=O) groups is 2. The van der Waals surface area contributed by atoms with Gasteiger partial charge in [0.05, 0.1) is 0 Å². The molecule has 1 amide bonds. The van der Waals surface area contributed by atoms with Crippen molar-refractivity contribution in [1.29, 1.82) is 0 Å². The highest BCUT2D eigenvalue weighted by Gasteiger charge is 2.14. The van der Waals surface area contributed by atoms with E-state index in [1.54, 1.807) is 0 Å². The van der Waals surface area contributed by atoms with Gasteiger partial charge in [0, 0.05) is 32.6 Å². The summed E-state index contributed by atoms with van der Waals surface area (Å²) in [5.41, 5.74) is 0. The van der Waals surface area contributed by atoms with Crippen molar-refractivity contribution in [3.8, 4) is 0 Å². The van der Waals surface area contributed by atoms with Crippen LogP contribution in [0.3, 0.4) is 0 Å². The Bertz CT molecular complexity index is 381. The molecule has 1 aliphatic heterocycles. The van der Waals surface area contributed by atoms with Gasteiger partial charge in [-0.1, -0.05) is 57.8 Å². The van der Waals surface area contributed by atoms with E-state index in [1.165, 1.54) is 51.4 Å². The largest absolute Gasteiger partial charge is 0.481 e. The van der Waals surface area contributed by atoms with E-state index in [2.05, 4.69) is 5.32 Å². The number of unbranched alkanes of at least 4 members (excludes halogenated alkanes) is 10. The number of ether oxygens (including phenoxy) is 1. The summed E-state index contributed by atoms with van der Waals surface area (Å²) in [6, 6.07) is 0. The predicted octanol–water partition coefficient (Wildman–Crippen LogP) is 5.08. The number of nitrogens with one attached hydrogen (secondary N) is 1. The molecule has 0 atom stereocenters. The molecule has 0 aliphatic carbocycles. The fourth-order valence-corrected chi connectivity index (χ4v) is 3.68. The van der Waals surface area contributed by atoms with Gasteiger partial charge in [0.2, 0.25) is 5.91 Å². The summed E-state index contributed by atoms with van der Waals surface area (Å²) < 4.78 is 5.35. The quantitative estimate of drug-likeness (QED) is 0.344. The maximum Gasteiger partial charge on any atom is 0.303 e. The van der Waals surface area contributed by atoms with Crippen LogP contribution in [0.4, 0.5) is 0 Å². The summed E-state index contributed by atoms with van der Waals surface area (Å²) in [6.45, 7) is 2.54. The Labute approximate surface area is 165 Å². The number of hydrogen-bond donors (Lipinski definition) is 2. The lowest BCUT2D eigenvalue weighted by Crippen LogP contribution is -2.25. The van der Waals surface area contributed by atoms with E-state index in [-0.39, 0.29) is 5.91 Å². The average Bonchev–Trinajstić information content (AvgIpc) is 2.67. The third kappa shape index (κ3) is 15.6. The first-order chi connectivity index (χ1) is 13.2. The fraction of sp³-hybridized carbons (Fsp3) is 0.909. The van der Waals surface area contributed by atoms with Crippen molar-refractivity contribution in [3.05, 3.63) is 0 Å². The van der Waals surface area contributed by atoms with Crippen LogP contribution in [-0.2, 0) is 14.3 Å². The molecule has 27 heavy (non-hydrogen) atoms. The van der Waals surface area contributed by atoms with E-state index < -0.39 is 5.97 Å². The second kappa shape index (κ2) is 17.0. The van der Waals surface area contributed by atoms with Gasteiger partial charge in [-0.05, 0) is 38.0 Å². The Hall–Kier alpha value is -1.10. The van der Waals surface area contributed by atoms with Crippen LogP contribution in [0.25, 0.3) is 0 Å². The maximum absolute atomic E-state index is 11.8. The molecule has 0 unspecified atom stereocenters. The van der Waals surface area contributed by atoms with Crippen molar-refractivity contribution in [2.24, 2.45) is 5.92 Å². The van der Waals surface area contributed by atoms with Crippen molar-refractivity contribution in [3.63, 3.8) is 0 Å². The van der Waals surface area contributed by atoms with Crippen molar-refractivity contribution in [2.45, 2.75) is 103 Å². The highest BCUT2D eigenvalue weighted by molar-refractivity contribution is 5.75. The molecule has 5 nitrogen and oxygen atoms in total. The molecule has 0 aromatic carbocycles. The minimum absolute atomic E-state index is 0.213. The van der Waals surface area contributed by atoms with Crippen LogP contribution in [0.5, 0.6) is 0 Å². The third-order valence-electron chi connectivity index (χ3n) is 5.51. The minimum atomic E-state index is -0.676. The van der Waals surface area contributed by atoms with Crippen molar-refractivity contribution < 1.29 is 19.4 Å². The highest BCUT2D eigenvalue weighted by atomic mass is 16.5. The van der Waals surface area contributed by atoms with E-state index >= 15 is 0 Å². The molecule has 0 saturated carbocycles. The van der Waals surface area contributed by atoms with Crippen LogP contribution in [-0.4, -0.2) is 36.7 Å². The lowest BCUT2D eigenvalue weighted by Gasteiger charge is -2.21. The lowest BCUT2D eigenvalue weighted by atomic mass is 9.95. The van der Waals surface area contributed by atoms with Crippen LogP contribution in [0.15, 0.2) is 0 Å². The molecule has 1 heterocycles. The van der Waals surface area contributed by atoms with Crippen molar-refractivity contribution in [1.82, 2.24) is 5.32 Å². The Morgan fingerprint density at radius 2 is 1.30 bits per heavy atom. The van der Waals surface area contributed by atoms with Gasteiger partial charge < -0.3 is 15.2 Å². The maximum atomic E-state index is 11.8. The summed E-state index contributed by atoms with van der Waals surface area (Å²) in [5, 5.41) is 11.6.